The summed E-state index contributed by atoms with van der Waals surface area (Å²) in [5.41, 5.74) is 4.99. The van der Waals surface area contributed by atoms with Crippen LogP contribution in [0.1, 0.15) is 41.1 Å². The standard InChI is InChI=1S/C14H20ClNO/c1-8-9(2)14(17-4)13(15)10(3)12(8)11-6-5-7-16-11/h11,16H,5-7H2,1-4H3. The first kappa shape index (κ1) is 12.7. The lowest BCUT2D eigenvalue weighted by Gasteiger charge is -2.22. The Kier molecular flexibility index (Phi) is 3.64. The molecule has 0 spiro atoms. The average molecular weight is 254 g/mol. The number of hydrogen-bond donors (Lipinski definition) is 1. The molecule has 1 fully saturated rings. The molecule has 1 aromatic carbocycles. The van der Waals surface area contributed by atoms with Gasteiger partial charge in [0.1, 0.15) is 5.75 Å². The largest absolute Gasteiger partial charge is 0.495 e. The lowest BCUT2D eigenvalue weighted by Crippen LogP contribution is -2.16. The summed E-state index contributed by atoms with van der Waals surface area (Å²) in [7, 11) is 1.68. The highest BCUT2D eigenvalue weighted by molar-refractivity contribution is 6.33. The van der Waals surface area contributed by atoms with Crippen molar-refractivity contribution in [1.82, 2.24) is 5.32 Å². The normalized spacial score (nSPS) is 19.7. The van der Waals surface area contributed by atoms with Gasteiger partial charge in [0.15, 0.2) is 0 Å². The molecule has 1 saturated heterocycles. The fourth-order valence-corrected chi connectivity index (χ4v) is 3.12. The summed E-state index contributed by atoms with van der Waals surface area (Å²) < 4.78 is 5.40. The molecule has 1 heterocycles. The molecule has 2 rings (SSSR count). The van der Waals surface area contributed by atoms with E-state index in [4.69, 9.17) is 16.3 Å². The quantitative estimate of drug-likeness (QED) is 0.868. The number of ether oxygens (including phenoxy) is 1. The van der Waals surface area contributed by atoms with E-state index < -0.39 is 0 Å². The van der Waals surface area contributed by atoms with Crippen LogP contribution in [-0.2, 0) is 0 Å². The first-order valence-electron chi connectivity index (χ1n) is 6.14. The Labute approximate surface area is 108 Å². The predicted molar refractivity (Wildman–Crippen MR) is 72.2 cm³/mol. The van der Waals surface area contributed by atoms with Crippen LogP contribution in [0.15, 0.2) is 0 Å². The van der Waals surface area contributed by atoms with E-state index in [1.807, 2.05) is 0 Å². The van der Waals surface area contributed by atoms with Gasteiger partial charge in [-0.25, -0.2) is 0 Å². The van der Waals surface area contributed by atoms with Crippen LogP contribution < -0.4 is 10.1 Å². The van der Waals surface area contributed by atoms with E-state index in [9.17, 15) is 0 Å². The molecule has 0 saturated carbocycles. The van der Waals surface area contributed by atoms with Crippen molar-refractivity contribution in [2.75, 3.05) is 13.7 Å². The fourth-order valence-electron chi connectivity index (χ4n) is 2.80. The van der Waals surface area contributed by atoms with Crippen molar-refractivity contribution >= 4 is 11.6 Å². The van der Waals surface area contributed by atoms with Gasteiger partial charge in [0.2, 0.25) is 0 Å². The molecule has 0 aliphatic carbocycles. The molecule has 94 valence electrons. The predicted octanol–water partition coefficient (Wildman–Crippen LogP) is 3.70. The fraction of sp³-hybridized carbons (Fsp3) is 0.571. The minimum absolute atomic E-state index is 0.456. The van der Waals surface area contributed by atoms with Crippen molar-refractivity contribution in [1.29, 1.82) is 0 Å². The zero-order chi connectivity index (χ0) is 12.6. The second kappa shape index (κ2) is 4.87. The van der Waals surface area contributed by atoms with Crippen LogP contribution in [0.4, 0.5) is 0 Å². The lowest BCUT2D eigenvalue weighted by molar-refractivity contribution is 0.410. The lowest BCUT2D eigenvalue weighted by atomic mass is 9.91. The van der Waals surface area contributed by atoms with Crippen molar-refractivity contribution in [2.45, 2.75) is 39.7 Å². The summed E-state index contributed by atoms with van der Waals surface area (Å²) in [4.78, 5) is 0. The summed E-state index contributed by atoms with van der Waals surface area (Å²) >= 11 is 6.40. The molecule has 1 aliphatic heterocycles. The van der Waals surface area contributed by atoms with E-state index in [1.165, 1.54) is 24.0 Å². The SMILES string of the molecule is COc1c(C)c(C)c(C2CCCN2)c(C)c1Cl. The van der Waals surface area contributed by atoms with Gasteiger partial charge in [-0.2, -0.15) is 0 Å². The maximum absolute atomic E-state index is 6.40. The van der Waals surface area contributed by atoms with Gasteiger partial charge >= 0.3 is 0 Å². The molecule has 17 heavy (non-hydrogen) atoms. The number of nitrogens with one attached hydrogen (secondary N) is 1. The van der Waals surface area contributed by atoms with E-state index in [-0.39, 0.29) is 0 Å². The maximum Gasteiger partial charge on any atom is 0.140 e. The third kappa shape index (κ3) is 2.04. The second-order valence-electron chi connectivity index (χ2n) is 4.78. The molecule has 0 bridgehead atoms. The summed E-state index contributed by atoms with van der Waals surface area (Å²) in [6.07, 6.45) is 2.44. The minimum Gasteiger partial charge on any atom is -0.495 e. The number of methoxy groups -OCH3 is 1. The molecule has 0 aromatic heterocycles. The number of benzene rings is 1. The van der Waals surface area contributed by atoms with E-state index in [0.717, 1.165) is 28.4 Å². The van der Waals surface area contributed by atoms with Crippen LogP contribution in [0.5, 0.6) is 5.75 Å². The summed E-state index contributed by atoms with van der Waals surface area (Å²) in [5, 5.41) is 4.31. The van der Waals surface area contributed by atoms with Crippen molar-refractivity contribution in [3.05, 3.63) is 27.3 Å². The van der Waals surface area contributed by atoms with E-state index in [1.54, 1.807) is 7.11 Å². The number of hydrogen-bond acceptors (Lipinski definition) is 2. The highest BCUT2D eigenvalue weighted by atomic mass is 35.5. The molecule has 2 nitrogen and oxygen atoms in total. The van der Waals surface area contributed by atoms with Crippen LogP contribution in [-0.4, -0.2) is 13.7 Å². The first-order chi connectivity index (χ1) is 8.07. The maximum atomic E-state index is 6.40. The van der Waals surface area contributed by atoms with Crippen molar-refractivity contribution in [3.63, 3.8) is 0 Å². The Morgan fingerprint density at radius 1 is 1.18 bits per heavy atom. The third-order valence-corrected chi connectivity index (χ3v) is 4.31. The summed E-state index contributed by atoms with van der Waals surface area (Å²) in [6, 6.07) is 0.456. The first-order valence-corrected chi connectivity index (χ1v) is 6.52. The molecular formula is C14H20ClNO. The highest BCUT2D eigenvalue weighted by Crippen LogP contribution is 2.40. The Morgan fingerprint density at radius 3 is 2.41 bits per heavy atom. The van der Waals surface area contributed by atoms with E-state index in [0.29, 0.717) is 6.04 Å². The summed E-state index contributed by atoms with van der Waals surface area (Å²) in [5.74, 6) is 0.823. The van der Waals surface area contributed by atoms with Gasteiger partial charge < -0.3 is 10.1 Å². The van der Waals surface area contributed by atoms with Gasteiger partial charge in [-0.15, -0.1) is 0 Å². The Morgan fingerprint density at radius 2 is 1.88 bits per heavy atom. The van der Waals surface area contributed by atoms with Crippen LogP contribution in [0.3, 0.4) is 0 Å². The van der Waals surface area contributed by atoms with Gasteiger partial charge in [-0.05, 0) is 62.4 Å². The van der Waals surface area contributed by atoms with Crippen molar-refractivity contribution < 1.29 is 4.74 Å². The highest BCUT2D eigenvalue weighted by Gasteiger charge is 2.24. The van der Waals surface area contributed by atoms with E-state index in [2.05, 4.69) is 26.1 Å². The number of rotatable bonds is 2. The zero-order valence-electron chi connectivity index (χ0n) is 11.0. The molecule has 0 amide bonds. The van der Waals surface area contributed by atoms with Crippen LogP contribution in [0.25, 0.3) is 0 Å². The van der Waals surface area contributed by atoms with Crippen LogP contribution >= 0.6 is 11.6 Å². The molecular weight excluding hydrogens is 234 g/mol. The zero-order valence-corrected chi connectivity index (χ0v) is 11.7. The molecule has 1 unspecified atom stereocenters. The summed E-state index contributed by atoms with van der Waals surface area (Å²) in [6.45, 7) is 7.44. The van der Waals surface area contributed by atoms with Gasteiger partial charge in [0, 0.05) is 6.04 Å². The molecule has 3 heteroatoms. The smallest absolute Gasteiger partial charge is 0.140 e. The van der Waals surface area contributed by atoms with Crippen LogP contribution in [0.2, 0.25) is 5.02 Å². The van der Waals surface area contributed by atoms with Crippen LogP contribution in [0, 0.1) is 20.8 Å². The minimum atomic E-state index is 0.456. The molecule has 1 aliphatic rings. The average Bonchev–Trinajstić information content (AvgIpc) is 2.81. The molecule has 1 N–H and O–H groups in total. The van der Waals surface area contributed by atoms with Gasteiger partial charge in [-0.3, -0.25) is 0 Å². The topological polar surface area (TPSA) is 21.3 Å². The van der Waals surface area contributed by atoms with Gasteiger partial charge in [0.05, 0.1) is 12.1 Å². The Bertz CT molecular complexity index is 407. The number of halogens is 1. The van der Waals surface area contributed by atoms with Crippen molar-refractivity contribution in [3.8, 4) is 5.75 Å². The molecule has 1 aromatic rings. The monoisotopic (exact) mass is 253 g/mol. The van der Waals surface area contributed by atoms with Gasteiger partial charge in [-0.1, -0.05) is 11.6 Å². The Balaban J connectivity index is 2.59. The molecule has 1 atom stereocenters. The van der Waals surface area contributed by atoms with Crippen molar-refractivity contribution in [2.24, 2.45) is 0 Å². The third-order valence-electron chi connectivity index (χ3n) is 3.85. The van der Waals surface area contributed by atoms with E-state index >= 15 is 0 Å². The van der Waals surface area contributed by atoms with Gasteiger partial charge in [0.25, 0.3) is 0 Å². The second-order valence-corrected chi connectivity index (χ2v) is 5.16. The molecule has 0 radical (unpaired) electrons. The Hall–Kier alpha value is -0.730.